The van der Waals surface area contributed by atoms with Crippen molar-refractivity contribution in [3.8, 4) is 11.6 Å². The minimum absolute atomic E-state index is 0.185. The highest BCUT2D eigenvalue weighted by molar-refractivity contribution is 5.94. The highest BCUT2D eigenvalue weighted by Gasteiger charge is 2.29. The lowest BCUT2D eigenvalue weighted by atomic mass is 10.0. The summed E-state index contributed by atoms with van der Waals surface area (Å²) in [5, 5.41) is 6.79. The molecule has 24 heavy (non-hydrogen) atoms. The quantitative estimate of drug-likeness (QED) is 0.765. The van der Waals surface area contributed by atoms with Gasteiger partial charge in [0.15, 0.2) is 5.82 Å². The molecule has 1 amide bonds. The van der Waals surface area contributed by atoms with E-state index in [1.165, 1.54) is 6.07 Å². The van der Waals surface area contributed by atoms with Crippen LogP contribution in [0.15, 0.2) is 57.8 Å². The van der Waals surface area contributed by atoms with E-state index in [-0.39, 0.29) is 17.4 Å². The van der Waals surface area contributed by atoms with Gasteiger partial charge in [-0.05, 0) is 32.0 Å². The van der Waals surface area contributed by atoms with Crippen LogP contribution in [0.25, 0.3) is 11.6 Å². The number of rotatable bonds is 4. The van der Waals surface area contributed by atoms with E-state index in [9.17, 15) is 9.59 Å². The van der Waals surface area contributed by atoms with E-state index in [2.05, 4.69) is 20.4 Å². The van der Waals surface area contributed by atoms with Crippen molar-refractivity contribution in [3.05, 3.63) is 70.3 Å². The first kappa shape index (κ1) is 15.7. The van der Waals surface area contributed by atoms with Gasteiger partial charge < -0.3 is 14.8 Å². The van der Waals surface area contributed by atoms with Crippen LogP contribution in [0.4, 0.5) is 0 Å². The molecule has 0 radical (unpaired) electrons. The van der Waals surface area contributed by atoms with Gasteiger partial charge >= 0.3 is 0 Å². The van der Waals surface area contributed by atoms with Crippen LogP contribution in [0.3, 0.4) is 0 Å². The molecule has 3 rings (SSSR count). The van der Waals surface area contributed by atoms with Gasteiger partial charge in [-0.25, -0.2) is 0 Å². The van der Waals surface area contributed by atoms with Crippen molar-refractivity contribution in [2.75, 3.05) is 0 Å². The molecule has 0 saturated carbocycles. The molecule has 2 N–H and O–H groups in total. The SMILES string of the molecule is CC(C)(NC(=O)c1ccccc1)c1noc(-c2cccc(=O)[nH]2)n1. The highest BCUT2D eigenvalue weighted by Crippen LogP contribution is 2.21. The molecule has 0 spiro atoms. The standard InChI is InChI=1S/C17H16N4O3/c1-17(2,20-14(23)11-7-4-3-5-8-11)16-19-15(24-21-16)12-9-6-10-13(22)18-12/h3-10H,1-2H3,(H,18,22)(H,20,23). The Bertz CT molecular complexity index is 913. The number of hydrogen-bond donors (Lipinski definition) is 2. The Labute approximate surface area is 137 Å². The molecule has 7 heteroatoms. The van der Waals surface area contributed by atoms with Gasteiger partial charge in [0, 0.05) is 11.6 Å². The molecule has 0 aliphatic heterocycles. The summed E-state index contributed by atoms with van der Waals surface area (Å²) in [5.41, 5.74) is -0.138. The molecule has 0 aliphatic rings. The number of aromatic nitrogens is 3. The maximum atomic E-state index is 12.3. The summed E-state index contributed by atoms with van der Waals surface area (Å²) in [6, 6.07) is 13.5. The van der Waals surface area contributed by atoms with Crippen molar-refractivity contribution in [1.29, 1.82) is 0 Å². The molecular formula is C17H16N4O3. The van der Waals surface area contributed by atoms with Gasteiger partial charge in [0.1, 0.15) is 5.69 Å². The van der Waals surface area contributed by atoms with Crippen LogP contribution in [-0.4, -0.2) is 21.0 Å². The van der Waals surface area contributed by atoms with Crippen molar-refractivity contribution < 1.29 is 9.32 Å². The first-order valence-corrected chi connectivity index (χ1v) is 7.37. The molecule has 0 unspecified atom stereocenters. The number of carbonyl (C=O) groups is 1. The van der Waals surface area contributed by atoms with Gasteiger partial charge in [0.2, 0.25) is 5.56 Å². The Morgan fingerprint density at radius 1 is 1.12 bits per heavy atom. The van der Waals surface area contributed by atoms with Crippen LogP contribution in [0.1, 0.15) is 30.0 Å². The van der Waals surface area contributed by atoms with E-state index in [0.717, 1.165) is 0 Å². The van der Waals surface area contributed by atoms with Crippen molar-refractivity contribution >= 4 is 5.91 Å². The fourth-order valence-corrected chi connectivity index (χ4v) is 2.16. The van der Waals surface area contributed by atoms with Gasteiger partial charge in [-0.1, -0.05) is 29.4 Å². The maximum absolute atomic E-state index is 12.3. The van der Waals surface area contributed by atoms with Crippen LogP contribution in [0.2, 0.25) is 0 Å². The number of nitrogens with one attached hydrogen (secondary N) is 2. The topological polar surface area (TPSA) is 101 Å². The molecular weight excluding hydrogens is 308 g/mol. The van der Waals surface area contributed by atoms with Gasteiger partial charge in [-0.15, -0.1) is 0 Å². The van der Waals surface area contributed by atoms with Gasteiger partial charge in [0.25, 0.3) is 11.8 Å². The zero-order valence-corrected chi connectivity index (χ0v) is 13.2. The Hall–Kier alpha value is -3.22. The summed E-state index contributed by atoms with van der Waals surface area (Å²) in [4.78, 5) is 30.6. The molecule has 1 aromatic carbocycles. The second-order valence-corrected chi connectivity index (χ2v) is 5.80. The Morgan fingerprint density at radius 3 is 2.58 bits per heavy atom. The van der Waals surface area contributed by atoms with Crippen LogP contribution in [-0.2, 0) is 5.54 Å². The Morgan fingerprint density at radius 2 is 1.88 bits per heavy atom. The van der Waals surface area contributed by atoms with Crippen LogP contribution in [0.5, 0.6) is 0 Å². The van der Waals surface area contributed by atoms with Crippen molar-refractivity contribution in [3.63, 3.8) is 0 Å². The lowest BCUT2D eigenvalue weighted by molar-refractivity contribution is 0.0907. The first-order valence-electron chi connectivity index (χ1n) is 7.37. The summed E-state index contributed by atoms with van der Waals surface area (Å²) < 4.78 is 5.20. The molecule has 0 atom stereocenters. The van der Waals surface area contributed by atoms with Crippen LogP contribution >= 0.6 is 0 Å². The monoisotopic (exact) mass is 324 g/mol. The molecule has 0 saturated heterocycles. The number of H-pyrrole nitrogens is 1. The van der Waals surface area contributed by atoms with E-state index >= 15 is 0 Å². The third kappa shape index (κ3) is 3.24. The molecule has 0 fully saturated rings. The van der Waals surface area contributed by atoms with E-state index < -0.39 is 5.54 Å². The minimum Gasteiger partial charge on any atom is -0.340 e. The summed E-state index contributed by atoms with van der Waals surface area (Å²) in [5.74, 6) is 0.260. The molecule has 2 aromatic heterocycles. The van der Waals surface area contributed by atoms with Crippen LogP contribution < -0.4 is 10.9 Å². The van der Waals surface area contributed by atoms with Gasteiger partial charge in [-0.2, -0.15) is 4.98 Å². The fraction of sp³-hybridized carbons (Fsp3) is 0.176. The van der Waals surface area contributed by atoms with Crippen molar-refractivity contribution in [1.82, 2.24) is 20.4 Å². The molecule has 122 valence electrons. The predicted molar refractivity (Wildman–Crippen MR) is 87.3 cm³/mol. The largest absolute Gasteiger partial charge is 0.340 e. The summed E-state index contributed by atoms with van der Waals surface area (Å²) >= 11 is 0. The molecule has 2 heterocycles. The summed E-state index contributed by atoms with van der Waals surface area (Å²) in [6.07, 6.45) is 0. The summed E-state index contributed by atoms with van der Waals surface area (Å²) in [6.45, 7) is 3.55. The zero-order valence-electron chi connectivity index (χ0n) is 13.2. The van der Waals surface area contributed by atoms with Gasteiger partial charge in [0.05, 0.1) is 5.54 Å². The average molecular weight is 324 g/mol. The molecule has 0 bridgehead atoms. The number of hydrogen-bond acceptors (Lipinski definition) is 5. The smallest absolute Gasteiger partial charge is 0.274 e. The maximum Gasteiger partial charge on any atom is 0.274 e. The normalized spacial score (nSPS) is 11.2. The zero-order chi connectivity index (χ0) is 17.2. The van der Waals surface area contributed by atoms with E-state index in [0.29, 0.717) is 17.1 Å². The fourth-order valence-electron chi connectivity index (χ4n) is 2.16. The lowest BCUT2D eigenvalue weighted by Gasteiger charge is -2.22. The number of carbonyl (C=O) groups excluding carboxylic acids is 1. The number of benzene rings is 1. The highest BCUT2D eigenvalue weighted by atomic mass is 16.5. The number of aromatic amines is 1. The third-order valence-corrected chi connectivity index (χ3v) is 3.45. The second kappa shape index (κ2) is 6.11. The number of pyridine rings is 1. The molecule has 3 aromatic rings. The summed E-state index contributed by atoms with van der Waals surface area (Å²) in [7, 11) is 0. The molecule has 7 nitrogen and oxygen atoms in total. The van der Waals surface area contributed by atoms with E-state index in [1.54, 1.807) is 50.2 Å². The van der Waals surface area contributed by atoms with Crippen molar-refractivity contribution in [2.24, 2.45) is 0 Å². The van der Waals surface area contributed by atoms with E-state index in [1.807, 2.05) is 6.07 Å². The van der Waals surface area contributed by atoms with Crippen molar-refractivity contribution in [2.45, 2.75) is 19.4 Å². The number of nitrogens with zero attached hydrogens (tertiary/aromatic N) is 2. The predicted octanol–water partition coefficient (Wildman–Crippen LogP) is 2.09. The lowest BCUT2D eigenvalue weighted by Crippen LogP contribution is -2.41. The van der Waals surface area contributed by atoms with Crippen LogP contribution in [0, 0.1) is 0 Å². The second-order valence-electron chi connectivity index (χ2n) is 5.80. The third-order valence-electron chi connectivity index (χ3n) is 3.45. The van der Waals surface area contributed by atoms with Gasteiger partial charge in [-0.3, -0.25) is 9.59 Å². The first-order chi connectivity index (χ1) is 11.5. The number of amides is 1. The van der Waals surface area contributed by atoms with E-state index in [4.69, 9.17) is 4.52 Å². The average Bonchev–Trinajstić information content (AvgIpc) is 3.06. The minimum atomic E-state index is -0.844. The Balaban J connectivity index is 1.83. The molecule has 0 aliphatic carbocycles. The Kier molecular flexibility index (Phi) is 3.99.